The van der Waals surface area contributed by atoms with Crippen LogP contribution in [0.2, 0.25) is 0 Å². The smallest absolute Gasteiger partial charge is 0.381 e. The second kappa shape index (κ2) is 6.89. The number of anilines is 2. The molecule has 1 aliphatic rings. The number of hydrogen-bond acceptors (Lipinski definition) is 6. The van der Waals surface area contributed by atoms with Gasteiger partial charge in [0.1, 0.15) is 11.3 Å². The van der Waals surface area contributed by atoms with Crippen LogP contribution in [0.25, 0.3) is 16.9 Å². The predicted octanol–water partition coefficient (Wildman–Crippen LogP) is 3.15. The van der Waals surface area contributed by atoms with Crippen LogP contribution in [0.5, 0.6) is 0 Å². The van der Waals surface area contributed by atoms with Gasteiger partial charge in [0.15, 0.2) is 5.65 Å². The summed E-state index contributed by atoms with van der Waals surface area (Å²) >= 11 is 0. The van der Waals surface area contributed by atoms with E-state index in [1.54, 1.807) is 0 Å². The van der Waals surface area contributed by atoms with Crippen LogP contribution >= 0.6 is 0 Å². The van der Waals surface area contributed by atoms with Crippen molar-refractivity contribution in [3.63, 3.8) is 0 Å². The number of ether oxygens (including phenoxy) is 1. The molecular formula is C17H16F4N6O. The first-order chi connectivity index (χ1) is 13.3. The summed E-state index contributed by atoms with van der Waals surface area (Å²) in [6, 6.07) is 2.19. The van der Waals surface area contributed by atoms with Gasteiger partial charge in [-0.2, -0.15) is 18.2 Å². The van der Waals surface area contributed by atoms with Gasteiger partial charge in [0, 0.05) is 19.3 Å². The molecule has 0 spiro atoms. The standard InChI is InChI=1S/C17H16F4N6O/c18-11-2-1-9(17(19,20)21)7-13(11)27-14-12(25-15(27)22)8-23-16(26-14)24-10-3-5-28-6-4-10/h1-2,7-8,10H,3-6H2,(H2,22,25)(H,23,24,26). The van der Waals surface area contributed by atoms with E-state index >= 15 is 0 Å². The third-order valence-electron chi connectivity index (χ3n) is 4.49. The monoisotopic (exact) mass is 396 g/mol. The highest BCUT2D eigenvalue weighted by molar-refractivity contribution is 5.77. The fraction of sp³-hybridized carbons (Fsp3) is 0.353. The Labute approximate surface area is 156 Å². The summed E-state index contributed by atoms with van der Waals surface area (Å²) in [7, 11) is 0. The van der Waals surface area contributed by atoms with E-state index in [2.05, 4.69) is 20.3 Å². The van der Waals surface area contributed by atoms with E-state index in [1.165, 1.54) is 6.20 Å². The summed E-state index contributed by atoms with van der Waals surface area (Å²) in [5, 5.41) is 3.15. The molecular weight excluding hydrogens is 380 g/mol. The zero-order chi connectivity index (χ0) is 19.9. The third-order valence-corrected chi connectivity index (χ3v) is 4.49. The van der Waals surface area contributed by atoms with Gasteiger partial charge >= 0.3 is 6.18 Å². The molecule has 11 heteroatoms. The first-order valence-electron chi connectivity index (χ1n) is 8.55. The molecule has 1 aliphatic heterocycles. The zero-order valence-corrected chi connectivity index (χ0v) is 14.5. The van der Waals surface area contributed by atoms with E-state index in [0.29, 0.717) is 25.3 Å². The van der Waals surface area contributed by atoms with Crippen molar-refractivity contribution < 1.29 is 22.3 Å². The summed E-state index contributed by atoms with van der Waals surface area (Å²) in [5.41, 5.74) is 4.82. The molecule has 0 bridgehead atoms. The van der Waals surface area contributed by atoms with Gasteiger partial charge < -0.3 is 15.8 Å². The lowest BCUT2D eigenvalue weighted by Gasteiger charge is -2.22. The van der Waals surface area contributed by atoms with Gasteiger partial charge in [0.05, 0.1) is 17.4 Å². The van der Waals surface area contributed by atoms with Gasteiger partial charge in [0.2, 0.25) is 11.9 Å². The Hall–Kier alpha value is -2.95. The molecule has 7 nitrogen and oxygen atoms in total. The number of nitrogens with two attached hydrogens (primary N) is 1. The Balaban J connectivity index is 1.78. The normalized spacial score (nSPS) is 15.9. The van der Waals surface area contributed by atoms with Crippen LogP contribution in [-0.4, -0.2) is 38.8 Å². The van der Waals surface area contributed by atoms with Crippen LogP contribution in [0.3, 0.4) is 0 Å². The summed E-state index contributed by atoms with van der Waals surface area (Å²) in [6.07, 6.45) is -1.70. The van der Waals surface area contributed by atoms with Crippen molar-refractivity contribution in [2.45, 2.75) is 25.1 Å². The molecule has 148 valence electrons. The van der Waals surface area contributed by atoms with Gasteiger partial charge in [-0.15, -0.1) is 0 Å². The topological polar surface area (TPSA) is 90.9 Å². The molecule has 0 radical (unpaired) electrons. The maximum Gasteiger partial charge on any atom is 0.416 e. The lowest BCUT2D eigenvalue weighted by molar-refractivity contribution is -0.137. The number of halogens is 4. The van der Waals surface area contributed by atoms with Crippen LogP contribution in [0.15, 0.2) is 24.4 Å². The van der Waals surface area contributed by atoms with Crippen molar-refractivity contribution >= 4 is 23.1 Å². The molecule has 0 unspecified atom stereocenters. The molecule has 0 saturated carbocycles. The first-order valence-corrected chi connectivity index (χ1v) is 8.55. The molecule has 3 N–H and O–H groups in total. The summed E-state index contributed by atoms with van der Waals surface area (Å²) in [5.74, 6) is -0.810. The van der Waals surface area contributed by atoms with Gasteiger partial charge in [-0.3, -0.25) is 4.57 Å². The van der Waals surface area contributed by atoms with E-state index in [4.69, 9.17) is 10.5 Å². The van der Waals surface area contributed by atoms with Gasteiger partial charge in [0.25, 0.3) is 0 Å². The SMILES string of the molecule is Nc1nc2cnc(NC3CCOCC3)nc2n1-c1cc(C(F)(F)F)ccc1F. The van der Waals surface area contributed by atoms with E-state index in [1.807, 2.05) is 0 Å². The molecule has 28 heavy (non-hydrogen) atoms. The highest BCUT2D eigenvalue weighted by atomic mass is 19.4. The Bertz CT molecular complexity index is 1010. The maximum absolute atomic E-state index is 14.4. The second-order valence-corrected chi connectivity index (χ2v) is 6.40. The quantitative estimate of drug-likeness (QED) is 0.661. The molecule has 0 atom stereocenters. The molecule has 0 amide bonds. The third kappa shape index (κ3) is 3.44. The molecule has 0 aliphatic carbocycles. The van der Waals surface area contributed by atoms with E-state index in [9.17, 15) is 17.6 Å². The van der Waals surface area contributed by atoms with Crippen LogP contribution in [-0.2, 0) is 10.9 Å². The number of rotatable bonds is 3. The van der Waals surface area contributed by atoms with Crippen molar-refractivity contribution in [3.8, 4) is 5.69 Å². The lowest BCUT2D eigenvalue weighted by Crippen LogP contribution is -2.28. The minimum Gasteiger partial charge on any atom is -0.381 e. The van der Waals surface area contributed by atoms with Crippen molar-refractivity contribution in [2.75, 3.05) is 24.3 Å². The average Bonchev–Trinajstić information content (AvgIpc) is 2.97. The molecule has 1 fully saturated rings. The number of aromatic nitrogens is 4. The fourth-order valence-electron chi connectivity index (χ4n) is 3.08. The minimum absolute atomic E-state index is 0.102. The number of alkyl halides is 3. The molecule has 3 aromatic rings. The summed E-state index contributed by atoms with van der Waals surface area (Å²) in [6.45, 7) is 1.22. The van der Waals surface area contributed by atoms with Gasteiger partial charge in [-0.05, 0) is 31.0 Å². The fourth-order valence-corrected chi connectivity index (χ4v) is 3.08. The highest BCUT2D eigenvalue weighted by Gasteiger charge is 2.32. The molecule has 3 heterocycles. The highest BCUT2D eigenvalue weighted by Crippen LogP contribution is 2.33. The van der Waals surface area contributed by atoms with Gasteiger partial charge in [-0.25, -0.2) is 14.4 Å². The summed E-state index contributed by atoms with van der Waals surface area (Å²) < 4.78 is 59.9. The molecule has 1 aromatic carbocycles. The van der Waals surface area contributed by atoms with Crippen molar-refractivity contribution in [1.29, 1.82) is 0 Å². The molecule has 2 aromatic heterocycles. The van der Waals surface area contributed by atoms with E-state index in [0.717, 1.165) is 23.5 Å². The molecule has 1 saturated heterocycles. The average molecular weight is 396 g/mol. The van der Waals surface area contributed by atoms with E-state index < -0.39 is 17.6 Å². The number of nitrogens with zero attached hydrogens (tertiary/aromatic N) is 4. The van der Waals surface area contributed by atoms with Gasteiger partial charge in [-0.1, -0.05) is 0 Å². The number of imidazole rings is 1. The number of nitrogens with one attached hydrogen (secondary N) is 1. The zero-order valence-electron chi connectivity index (χ0n) is 14.5. The van der Waals surface area contributed by atoms with E-state index in [-0.39, 0.29) is 34.8 Å². The Kier molecular flexibility index (Phi) is 4.53. The number of nitrogen functional groups attached to an aromatic ring is 1. The largest absolute Gasteiger partial charge is 0.416 e. The first kappa shape index (κ1) is 18.4. The van der Waals surface area contributed by atoms with Crippen molar-refractivity contribution in [1.82, 2.24) is 19.5 Å². The Morgan fingerprint density at radius 1 is 1.18 bits per heavy atom. The second-order valence-electron chi connectivity index (χ2n) is 6.40. The number of fused-ring (bicyclic) bond motifs is 1. The predicted molar refractivity (Wildman–Crippen MR) is 93.5 cm³/mol. The van der Waals surface area contributed by atoms with Crippen LogP contribution in [0.1, 0.15) is 18.4 Å². The van der Waals surface area contributed by atoms with Crippen LogP contribution in [0, 0.1) is 5.82 Å². The van der Waals surface area contributed by atoms with Crippen molar-refractivity contribution in [2.24, 2.45) is 0 Å². The Morgan fingerprint density at radius 2 is 1.93 bits per heavy atom. The minimum atomic E-state index is -4.63. The Morgan fingerprint density at radius 3 is 2.64 bits per heavy atom. The van der Waals surface area contributed by atoms with Crippen LogP contribution in [0.4, 0.5) is 29.5 Å². The molecule has 4 rings (SSSR count). The summed E-state index contributed by atoms with van der Waals surface area (Å²) in [4.78, 5) is 12.5. The number of hydrogen-bond donors (Lipinski definition) is 2. The van der Waals surface area contributed by atoms with Crippen molar-refractivity contribution in [3.05, 3.63) is 35.8 Å². The number of benzene rings is 1. The lowest BCUT2D eigenvalue weighted by atomic mass is 10.1. The maximum atomic E-state index is 14.4. The van der Waals surface area contributed by atoms with Crippen LogP contribution < -0.4 is 11.1 Å².